The van der Waals surface area contributed by atoms with Crippen LogP contribution in [0.15, 0.2) is 72.9 Å². The quantitative estimate of drug-likeness (QED) is 0.345. The lowest BCUT2D eigenvalue weighted by molar-refractivity contribution is 0.0657. The van der Waals surface area contributed by atoms with Crippen molar-refractivity contribution in [1.29, 1.82) is 0 Å². The molecule has 0 saturated carbocycles. The van der Waals surface area contributed by atoms with Gasteiger partial charge in [0.2, 0.25) is 0 Å². The lowest BCUT2D eigenvalue weighted by Gasteiger charge is -2.13. The van der Waals surface area contributed by atoms with Crippen LogP contribution in [0, 0.1) is 0 Å². The third-order valence-electron chi connectivity index (χ3n) is 7.22. The standard InChI is InChI=1S/C29H22N4O2/c1-2-32-21-13-6-4-11-19(21)23-25-24(22-18-10-3-5-12-20(18)31-26(22)27(23)32)28(34)33(29(25)35)16-14-17-9-7-8-15-30-17/h3-13,15,31H,2,14,16H2,1H3. The fraction of sp³-hybridized carbons (Fsp3) is 0.138. The van der Waals surface area contributed by atoms with Crippen molar-refractivity contribution in [2.45, 2.75) is 19.9 Å². The summed E-state index contributed by atoms with van der Waals surface area (Å²) < 4.78 is 2.25. The summed E-state index contributed by atoms with van der Waals surface area (Å²) in [6.45, 7) is 3.15. The number of hydrogen-bond donors (Lipinski definition) is 1. The summed E-state index contributed by atoms with van der Waals surface area (Å²) in [4.78, 5) is 37.2. The van der Waals surface area contributed by atoms with Crippen molar-refractivity contribution < 1.29 is 9.59 Å². The summed E-state index contributed by atoms with van der Waals surface area (Å²) in [5.41, 5.74) is 5.79. The molecule has 0 fully saturated rings. The number of rotatable bonds is 4. The fourth-order valence-electron chi connectivity index (χ4n) is 5.74. The minimum atomic E-state index is -0.231. The van der Waals surface area contributed by atoms with Crippen LogP contribution in [-0.4, -0.2) is 37.8 Å². The minimum Gasteiger partial charge on any atom is -0.353 e. The molecular formula is C29H22N4O2. The molecule has 1 aliphatic rings. The van der Waals surface area contributed by atoms with Crippen LogP contribution in [0.3, 0.4) is 0 Å². The van der Waals surface area contributed by atoms with E-state index < -0.39 is 0 Å². The van der Waals surface area contributed by atoms with Crippen LogP contribution in [0.5, 0.6) is 0 Å². The number of para-hydroxylation sites is 2. The normalized spacial score (nSPS) is 13.7. The van der Waals surface area contributed by atoms with Crippen LogP contribution in [0.1, 0.15) is 33.3 Å². The van der Waals surface area contributed by atoms with Crippen molar-refractivity contribution in [3.63, 3.8) is 0 Å². The number of hydrogen-bond acceptors (Lipinski definition) is 3. The van der Waals surface area contributed by atoms with Gasteiger partial charge in [0, 0.05) is 64.0 Å². The maximum absolute atomic E-state index is 14.0. The molecule has 3 aromatic carbocycles. The van der Waals surface area contributed by atoms with Crippen LogP contribution in [0.2, 0.25) is 0 Å². The number of H-pyrrole nitrogens is 1. The molecule has 0 spiro atoms. The number of nitrogens with zero attached hydrogens (tertiary/aromatic N) is 3. The maximum Gasteiger partial charge on any atom is 0.262 e. The SMILES string of the molecule is CCn1c2ccccc2c2c3c(c4c5ccccc5[nH]c4c21)C(=O)N(CCc1ccccn1)C3=O. The molecule has 0 saturated heterocycles. The van der Waals surface area contributed by atoms with Crippen LogP contribution < -0.4 is 0 Å². The minimum absolute atomic E-state index is 0.225. The molecule has 1 N–H and O–H groups in total. The molecule has 170 valence electrons. The lowest BCUT2D eigenvalue weighted by atomic mass is 9.97. The Morgan fingerprint density at radius 2 is 1.54 bits per heavy atom. The Morgan fingerprint density at radius 3 is 2.31 bits per heavy atom. The van der Waals surface area contributed by atoms with Gasteiger partial charge in [-0.1, -0.05) is 42.5 Å². The number of carbonyl (C=O) groups is 2. The first-order valence-electron chi connectivity index (χ1n) is 11.9. The number of aryl methyl sites for hydroxylation is 1. The van der Waals surface area contributed by atoms with Gasteiger partial charge in [0.05, 0.1) is 22.2 Å². The molecule has 0 radical (unpaired) electrons. The summed E-state index contributed by atoms with van der Waals surface area (Å²) in [6, 6.07) is 21.8. The number of amides is 2. The zero-order chi connectivity index (χ0) is 23.7. The van der Waals surface area contributed by atoms with Crippen LogP contribution in [0.4, 0.5) is 0 Å². The Morgan fingerprint density at radius 1 is 0.829 bits per heavy atom. The Labute approximate surface area is 200 Å². The Balaban J connectivity index is 1.57. The van der Waals surface area contributed by atoms with E-state index in [1.807, 2.05) is 60.7 Å². The van der Waals surface area contributed by atoms with Crippen molar-refractivity contribution in [2.75, 3.05) is 6.54 Å². The Kier molecular flexibility index (Phi) is 4.15. The predicted octanol–water partition coefficient (Wildman–Crippen LogP) is 5.68. The lowest BCUT2D eigenvalue weighted by Crippen LogP contribution is -2.32. The van der Waals surface area contributed by atoms with E-state index in [1.54, 1.807) is 6.20 Å². The van der Waals surface area contributed by atoms with Crippen LogP contribution >= 0.6 is 0 Å². The number of aromatic amines is 1. The smallest absolute Gasteiger partial charge is 0.262 e. The molecule has 1 aliphatic heterocycles. The number of fused-ring (bicyclic) bond motifs is 10. The molecule has 2 amide bonds. The van der Waals surface area contributed by atoms with Gasteiger partial charge < -0.3 is 9.55 Å². The second kappa shape index (κ2) is 7.27. The maximum atomic E-state index is 14.0. The van der Waals surface area contributed by atoms with Gasteiger partial charge in [-0.15, -0.1) is 0 Å². The summed E-state index contributed by atoms with van der Waals surface area (Å²) in [6.07, 6.45) is 2.25. The fourth-order valence-corrected chi connectivity index (χ4v) is 5.74. The molecule has 6 nitrogen and oxygen atoms in total. The number of aromatic nitrogens is 3. The second-order valence-electron chi connectivity index (χ2n) is 8.99. The third kappa shape index (κ3) is 2.62. The van der Waals surface area contributed by atoms with Crippen LogP contribution in [-0.2, 0) is 13.0 Å². The van der Waals surface area contributed by atoms with Crippen molar-refractivity contribution in [1.82, 2.24) is 19.4 Å². The van der Waals surface area contributed by atoms with Gasteiger partial charge in [-0.3, -0.25) is 19.5 Å². The van der Waals surface area contributed by atoms with Crippen LogP contribution in [0.25, 0.3) is 43.6 Å². The van der Waals surface area contributed by atoms with Crippen molar-refractivity contribution in [3.8, 4) is 0 Å². The first-order chi connectivity index (χ1) is 17.2. The summed E-state index contributed by atoms with van der Waals surface area (Å²) in [5.74, 6) is -0.456. The topological polar surface area (TPSA) is 71.0 Å². The van der Waals surface area contributed by atoms with E-state index in [0.29, 0.717) is 24.1 Å². The molecule has 4 heterocycles. The van der Waals surface area contributed by atoms with Gasteiger partial charge in [0.25, 0.3) is 11.8 Å². The second-order valence-corrected chi connectivity index (χ2v) is 8.99. The van der Waals surface area contributed by atoms with E-state index in [4.69, 9.17) is 0 Å². The molecule has 0 bridgehead atoms. The Bertz CT molecular complexity index is 1830. The summed E-state index contributed by atoms with van der Waals surface area (Å²) >= 11 is 0. The molecule has 0 atom stereocenters. The number of imide groups is 1. The highest BCUT2D eigenvalue weighted by molar-refractivity contribution is 6.39. The summed E-state index contributed by atoms with van der Waals surface area (Å²) in [5, 5.41) is 3.64. The monoisotopic (exact) mass is 458 g/mol. The highest BCUT2D eigenvalue weighted by Gasteiger charge is 2.41. The van der Waals surface area contributed by atoms with Crippen molar-refractivity contribution in [3.05, 3.63) is 89.7 Å². The van der Waals surface area contributed by atoms with E-state index in [-0.39, 0.29) is 11.8 Å². The van der Waals surface area contributed by atoms with E-state index in [2.05, 4.69) is 27.5 Å². The van der Waals surface area contributed by atoms with Gasteiger partial charge >= 0.3 is 0 Å². The molecule has 6 aromatic rings. The van der Waals surface area contributed by atoms with Gasteiger partial charge in [0.15, 0.2) is 0 Å². The van der Waals surface area contributed by atoms with Crippen molar-refractivity contribution in [2.24, 2.45) is 0 Å². The number of nitrogens with one attached hydrogen (secondary N) is 1. The molecule has 35 heavy (non-hydrogen) atoms. The highest BCUT2D eigenvalue weighted by atomic mass is 16.2. The van der Waals surface area contributed by atoms with Gasteiger partial charge in [0.1, 0.15) is 0 Å². The average Bonchev–Trinajstić information content (AvgIpc) is 3.51. The van der Waals surface area contributed by atoms with Gasteiger partial charge in [-0.05, 0) is 31.2 Å². The number of pyridine rings is 1. The molecule has 0 unspecified atom stereocenters. The average molecular weight is 459 g/mol. The largest absolute Gasteiger partial charge is 0.353 e. The molecule has 0 aliphatic carbocycles. The third-order valence-corrected chi connectivity index (χ3v) is 7.22. The van der Waals surface area contributed by atoms with Crippen molar-refractivity contribution >= 4 is 55.4 Å². The number of benzene rings is 3. The first-order valence-corrected chi connectivity index (χ1v) is 11.9. The first kappa shape index (κ1) is 20.0. The highest BCUT2D eigenvalue weighted by Crippen LogP contribution is 2.44. The molecule has 7 rings (SSSR count). The predicted molar refractivity (Wildman–Crippen MR) is 138 cm³/mol. The van der Waals surface area contributed by atoms with E-state index >= 15 is 0 Å². The molecule has 3 aromatic heterocycles. The zero-order valence-corrected chi connectivity index (χ0v) is 19.2. The summed E-state index contributed by atoms with van der Waals surface area (Å²) in [7, 11) is 0. The van der Waals surface area contributed by atoms with Gasteiger partial charge in [-0.2, -0.15) is 0 Å². The zero-order valence-electron chi connectivity index (χ0n) is 19.2. The van der Waals surface area contributed by atoms with E-state index in [9.17, 15) is 9.59 Å². The number of carbonyl (C=O) groups excluding carboxylic acids is 2. The molecular weight excluding hydrogens is 436 g/mol. The van der Waals surface area contributed by atoms with E-state index in [0.717, 1.165) is 55.9 Å². The van der Waals surface area contributed by atoms with Gasteiger partial charge in [-0.25, -0.2) is 0 Å². The molecule has 6 heteroatoms. The van der Waals surface area contributed by atoms with E-state index in [1.165, 1.54) is 4.90 Å². The Hall–Kier alpha value is -4.45.